The van der Waals surface area contributed by atoms with E-state index in [-0.39, 0.29) is 11.5 Å². The summed E-state index contributed by atoms with van der Waals surface area (Å²) in [7, 11) is 0. The van der Waals surface area contributed by atoms with E-state index < -0.39 is 0 Å². The van der Waals surface area contributed by atoms with Crippen molar-refractivity contribution in [2.75, 3.05) is 6.61 Å². The number of rotatable bonds is 5. The van der Waals surface area contributed by atoms with E-state index in [1.807, 2.05) is 26.0 Å². The molecule has 0 aliphatic carbocycles. The smallest absolute Gasteiger partial charge is 0.222 e. The Morgan fingerprint density at radius 3 is 2.62 bits per heavy atom. The molecule has 0 aromatic rings. The molecule has 13 heavy (non-hydrogen) atoms. The van der Waals surface area contributed by atoms with Gasteiger partial charge < -0.3 is 4.74 Å². The molecule has 2 heteroatoms. The van der Waals surface area contributed by atoms with Crippen LogP contribution in [0.15, 0.2) is 36.1 Å². The number of allylic oxidation sites excluding steroid dienone is 4. The first-order valence-corrected chi connectivity index (χ1v) is 4.29. The van der Waals surface area contributed by atoms with Gasteiger partial charge in [0.2, 0.25) is 5.78 Å². The summed E-state index contributed by atoms with van der Waals surface area (Å²) in [5, 5.41) is 0. The Labute approximate surface area is 79.6 Å². The normalized spacial score (nSPS) is 11.8. The van der Waals surface area contributed by atoms with Gasteiger partial charge in [0, 0.05) is 5.57 Å². The van der Waals surface area contributed by atoms with Crippen LogP contribution in [-0.2, 0) is 9.53 Å². The van der Waals surface area contributed by atoms with Crippen molar-refractivity contribution in [2.24, 2.45) is 0 Å². The minimum Gasteiger partial charge on any atom is -0.490 e. The lowest BCUT2D eigenvalue weighted by molar-refractivity contribution is -0.115. The third kappa shape index (κ3) is 4.31. The number of ether oxygens (including phenoxy) is 1. The number of hydrogen-bond donors (Lipinski definition) is 0. The standard InChI is InChI=1S/C11H16O2/c1-5-7-8-9(3)11(12)10(4)13-6-2/h5,7-8H,4,6H2,1-3H3/b7-5-,9-8+. The van der Waals surface area contributed by atoms with Crippen molar-refractivity contribution in [3.8, 4) is 0 Å². The van der Waals surface area contributed by atoms with Crippen molar-refractivity contribution in [2.45, 2.75) is 20.8 Å². The van der Waals surface area contributed by atoms with Gasteiger partial charge in [-0.1, -0.05) is 24.8 Å². The van der Waals surface area contributed by atoms with Crippen LogP contribution in [0.4, 0.5) is 0 Å². The second-order valence-electron chi connectivity index (χ2n) is 2.56. The van der Waals surface area contributed by atoms with Crippen LogP contribution in [0.3, 0.4) is 0 Å². The van der Waals surface area contributed by atoms with Gasteiger partial charge in [0.1, 0.15) is 0 Å². The Hall–Kier alpha value is -1.31. The molecule has 0 N–H and O–H groups in total. The Balaban J connectivity index is 4.33. The molecule has 0 atom stereocenters. The highest BCUT2D eigenvalue weighted by molar-refractivity contribution is 6.06. The molecule has 0 aromatic heterocycles. The van der Waals surface area contributed by atoms with Crippen LogP contribution < -0.4 is 0 Å². The fraction of sp³-hybridized carbons (Fsp3) is 0.364. The number of Topliss-reactive ketones (excluding diaryl/α,β-unsaturated/α-hetero) is 1. The molecule has 0 heterocycles. The van der Waals surface area contributed by atoms with Crippen LogP contribution in [0.25, 0.3) is 0 Å². The van der Waals surface area contributed by atoms with Crippen molar-refractivity contribution in [1.82, 2.24) is 0 Å². The molecule has 0 aromatic carbocycles. The predicted octanol–water partition coefficient (Wildman–Crippen LogP) is 2.63. The second kappa shape index (κ2) is 6.23. The van der Waals surface area contributed by atoms with Gasteiger partial charge >= 0.3 is 0 Å². The number of hydrogen-bond acceptors (Lipinski definition) is 2. The quantitative estimate of drug-likeness (QED) is 0.369. The fourth-order valence-corrected chi connectivity index (χ4v) is 0.776. The molecule has 0 aliphatic heterocycles. The van der Waals surface area contributed by atoms with Crippen LogP contribution in [0.2, 0.25) is 0 Å². The van der Waals surface area contributed by atoms with E-state index in [0.717, 1.165) is 0 Å². The minimum absolute atomic E-state index is 0.139. The van der Waals surface area contributed by atoms with Gasteiger partial charge in [-0.3, -0.25) is 4.79 Å². The molecule has 0 amide bonds. The molecule has 0 fully saturated rings. The van der Waals surface area contributed by atoms with Crippen molar-refractivity contribution >= 4 is 5.78 Å². The van der Waals surface area contributed by atoms with Crippen LogP contribution in [0.1, 0.15) is 20.8 Å². The average Bonchev–Trinajstić information content (AvgIpc) is 2.13. The van der Waals surface area contributed by atoms with E-state index >= 15 is 0 Å². The van der Waals surface area contributed by atoms with E-state index in [1.165, 1.54) is 0 Å². The van der Waals surface area contributed by atoms with Crippen molar-refractivity contribution < 1.29 is 9.53 Å². The molecule has 0 radical (unpaired) electrons. The zero-order valence-electron chi connectivity index (χ0n) is 8.46. The lowest BCUT2D eigenvalue weighted by atomic mass is 10.1. The van der Waals surface area contributed by atoms with Crippen LogP contribution in [-0.4, -0.2) is 12.4 Å². The zero-order valence-corrected chi connectivity index (χ0v) is 8.46. The maximum Gasteiger partial charge on any atom is 0.222 e. The van der Waals surface area contributed by atoms with Gasteiger partial charge in [0.15, 0.2) is 5.76 Å². The Kier molecular flexibility index (Phi) is 5.60. The van der Waals surface area contributed by atoms with Gasteiger partial charge in [-0.05, 0) is 20.8 Å². The molecule has 0 aliphatic rings. The average molecular weight is 180 g/mol. The number of carbonyl (C=O) groups excluding carboxylic acids is 1. The molecular formula is C11H16O2. The highest BCUT2D eigenvalue weighted by atomic mass is 16.5. The van der Waals surface area contributed by atoms with Crippen molar-refractivity contribution in [1.29, 1.82) is 0 Å². The summed E-state index contributed by atoms with van der Waals surface area (Å²) in [6, 6.07) is 0. The summed E-state index contributed by atoms with van der Waals surface area (Å²) in [6.07, 6.45) is 5.42. The molecule has 0 saturated carbocycles. The first kappa shape index (κ1) is 11.7. The molecule has 0 rings (SSSR count). The Bertz CT molecular complexity index is 247. The van der Waals surface area contributed by atoms with Crippen LogP contribution in [0, 0.1) is 0 Å². The third-order valence-corrected chi connectivity index (χ3v) is 1.47. The predicted molar refractivity (Wildman–Crippen MR) is 54.3 cm³/mol. The summed E-state index contributed by atoms with van der Waals surface area (Å²) in [6.45, 7) is 9.47. The lowest BCUT2D eigenvalue weighted by Gasteiger charge is -2.04. The van der Waals surface area contributed by atoms with Gasteiger partial charge in [0.25, 0.3) is 0 Å². The van der Waals surface area contributed by atoms with Gasteiger partial charge in [-0.2, -0.15) is 0 Å². The molecule has 0 bridgehead atoms. The monoisotopic (exact) mass is 180 g/mol. The molecule has 0 spiro atoms. The third-order valence-electron chi connectivity index (χ3n) is 1.47. The van der Waals surface area contributed by atoms with E-state index in [0.29, 0.717) is 12.2 Å². The maximum absolute atomic E-state index is 11.4. The molecular weight excluding hydrogens is 164 g/mol. The summed E-state index contributed by atoms with van der Waals surface area (Å²) >= 11 is 0. The summed E-state index contributed by atoms with van der Waals surface area (Å²) in [5.41, 5.74) is 0.636. The van der Waals surface area contributed by atoms with Crippen LogP contribution >= 0.6 is 0 Å². The first-order chi connectivity index (χ1) is 6.13. The van der Waals surface area contributed by atoms with Gasteiger partial charge in [0.05, 0.1) is 6.61 Å². The first-order valence-electron chi connectivity index (χ1n) is 4.29. The second-order valence-corrected chi connectivity index (χ2v) is 2.56. The SMILES string of the molecule is C=C(OCC)C(=O)/C(C)=C/C=C\C. The van der Waals surface area contributed by atoms with E-state index in [4.69, 9.17) is 4.74 Å². The summed E-state index contributed by atoms with van der Waals surface area (Å²) in [5.74, 6) is 0.0701. The maximum atomic E-state index is 11.4. The molecule has 0 saturated heterocycles. The minimum atomic E-state index is -0.139. The molecule has 0 unspecified atom stereocenters. The lowest BCUT2D eigenvalue weighted by Crippen LogP contribution is -2.06. The fourth-order valence-electron chi connectivity index (χ4n) is 0.776. The Morgan fingerprint density at radius 1 is 1.54 bits per heavy atom. The van der Waals surface area contributed by atoms with Crippen LogP contribution in [0.5, 0.6) is 0 Å². The van der Waals surface area contributed by atoms with Gasteiger partial charge in [-0.15, -0.1) is 0 Å². The highest BCUT2D eigenvalue weighted by Crippen LogP contribution is 2.05. The largest absolute Gasteiger partial charge is 0.490 e. The molecule has 72 valence electrons. The zero-order chi connectivity index (χ0) is 10.3. The van der Waals surface area contributed by atoms with Gasteiger partial charge in [-0.25, -0.2) is 0 Å². The Morgan fingerprint density at radius 2 is 2.15 bits per heavy atom. The summed E-state index contributed by atoms with van der Waals surface area (Å²) < 4.78 is 5.00. The topological polar surface area (TPSA) is 26.3 Å². The van der Waals surface area contributed by atoms with E-state index in [9.17, 15) is 4.79 Å². The number of carbonyl (C=O) groups is 1. The van der Waals surface area contributed by atoms with E-state index in [2.05, 4.69) is 6.58 Å². The van der Waals surface area contributed by atoms with Crippen molar-refractivity contribution in [3.63, 3.8) is 0 Å². The number of ketones is 1. The highest BCUT2D eigenvalue weighted by Gasteiger charge is 2.08. The summed E-state index contributed by atoms with van der Waals surface area (Å²) in [4.78, 5) is 11.4. The van der Waals surface area contributed by atoms with Crippen molar-refractivity contribution in [3.05, 3.63) is 36.1 Å². The van der Waals surface area contributed by atoms with E-state index in [1.54, 1.807) is 13.0 Å². The molecule has 2 nitrogen and oxygen atoms in total.